The number of rotatable bonds is 10. The minimum atomic E-state index is -1.50. The maximum atomic E-state index is 12.4. The maximum Gasteiger partial charge on any atom is 0.328 e. The van der Waals surface area contributed by atoms with Crippen molar-refractivity contribution in [1.82, 2.24) is 30.7 Å². The van der Waals surface area contributed by atoms with Crippen molar-refractivity contribution in [3.05, 3.63) is 59.8 Å². The largest absolute Gasteiger partial charge is 0.508 e. The molecule has 0 aliphatic heterocycles. The molecule has 2 heterocycles. The number of carbonyl (C=O) groups excluding carboxylic acids is 1. The number of H-pyrrole nitrogens is 1. The van der Waals surface area contributed by atoms with E-state index in [1.165, 1.54) is 13.3 Å². The molecule has 0 bridgehead atoms. The van der Waals surface area contributed by atoms with E-state index >= 15 is 0 Å². The quantitative estimate of drug-likeness (QED) is 0.218. The van der Waals surface area contributed by atoms with Gasteiger partial charge in [0.05, 0.1) is 18.5 Å². The van der Waals surface area contributed by atoms with E-state index in [2.05, 4.69) is 30.7 Å². The number of aliphatic hydroxyl groups excluding tert-OH is 1. The molecule has 0 spiro atoms. The summed E-state index contributed by atoms with van der Waals surface area (Å²) in [6, 6.07) is 2.75. The summed E-state index contributed by atoms with van der Waals surface area (Å²) in [7, 11) is 0. The molecule has 33 heavy (non-hydrogen) atoms. The summed E-state index contributed by atoms with van der Waals surface area (Å²) in [5.41, 5.74) is 7.70. The zero-order valence-corrected chi connectivity index (χ0v) is 17.7. The number of imidazole rings is 1. The van der Waals surface area contributed by atoms with E-state index in [-0.39, 0.29) is 23.9 Å². The molecule has 2 aromatic heterocycles. The summed E-state index contributed by atoms with van der Waals surface area (Å²) in [5, 5.41) is 36.9. The van der Waals surface area contributed by atoms with Gasteiger partial charge in [-0.1, -0.05) is 17.3 Å². The zero-order chi connectivity index (χ0) is 24.0. The number of nitrogens with two attached hydrogens (primary N) is 1. The van der Waals surface area contributed by atoms with Crippen molar-refractivity contribution in [2.24, 2.45) is 5.73 Å². The lowest BCUT2D eigenvalue weighted by atomic mass is 10.1. The van der Waals surface area contributed by atoms with Gasteiger partial charge in [0.25, 0.3) is 0 Å². The van der Waals surface area contributed by atoms with Gasteiger partial charge in [-0.25, -0.2) is 14.6 Å². The topological polar surface area (TPSA) is 213 Å². The molecule has 8 N–H and O–H groups in total. The van der Waals surface area contributed by atoms with Crippen LogP contribution in [0.15, 0.2) is 41.3 Å². The molecule has 2 amide bonds. The molecule has 0 fully saturated rings. The van der Waals surface area contributed by atoms with E-state index in [1.54, 1.807) is 30.5 Å². The predicted molar refractivity (Wildman–Crippen MR) is 113 cm³/mol. The van der Waals surface area contributed by atoms with Crippen LogP contribution in [0.1, 0.15) is 42.0 Å². The summed E-state index contributed by atoms with van der Waals surface area (Å²) in [4.78, 5) is 34.8. The standard InChI is InChI=1S/C20H25N7O6/c1-10(28)16(19(30)31)25-20(32)24-15(7-12-8-22-9-23-12)18-26-17(27-33-18)14(21)6-11-2-4-13(29)5-3-11/h2-5,8-10,14-16,28-29H,6-7,21H2,1H3,(H,22,23)(H,30,31)(H2,24,25,32)/t10?,14-,15-,16-/m0/s1. The molecule has 1 unspecified atom stereocenters. The summed E-state index contributed by atoms with van der Waals surface area (Å²) in [6.45, 7) is 1.25. The van der Waals surface area contributed by atoms with Gasteiger partial charge >= 0.3 is 12.0 Å². The number of hydrogen-bond donors (Lipinski definition) is 7. The molecule has 176 valence electrons. The molecule has 0 saturated carbocycles. The van der Waals surface area contributed by atoms with Gasteiger partial charge in [0.2, 0.25) is 5.89 Å². The number of carbonyl (C=O) groups is 2. The third kappa shape index (κ3) is 6.51. The highest BCUT2D eigenvalue weighted by molar-refractivity contribution is 5.83. The molecular formula is C20H25N7O6. The third-order valence-corrected chi connectivity index (χ3v) is 4.80. The summed E-state index contributed by atoms with van der Waals surface area (Å²) < 4.78 is 5.33. The van der Waals surface area contributed by atoms with Crippen LogP contribution >= 0.6 is 0 Å². The predicted octanol–water partition coefficient (Wildman–Crippen LogP) is 0.158. The Kier molecular flexibility index (Phi) is 7.58. The van der Waals surface area contributed by atoms with Gasteiger partial charge < -0.3 is 41.2 Å². The fraction of sp³-hybridized carbons (Fsp3) is 0.350. The molecule has 0 saturated heterocycles. The van der Waals surface area contributed by atoms with Crippen LogP contribution in [-0.4, -0.2) is 59.6 Å². The molecule has 1 aromatic carbocycles. The second kappa shape index (κ2) is 10.6. The van der Waals surface area contributed by atoms with Crippen molar-refractivity contribution in [2.45, 2.75) is 44.0 Å². The second-order valence-electron chi connectivity index (χ2n) is 7.48. The van der Waals surface area contributed by atoms with Gasteiger partial charge in [-0.05, 0) is 31.0 Å². The van der Waals surface area contributed by atoms with E-state index in [1.807, 2.05) is 0 Å². The number of carboxylic acids is 1. The summed E-state index contributed by atoms with van der Waals surface area (Å²) in [6.07, 6.45) is 2.28. The van der Waals surface area contributed by atoms with Crippen molar-refractivity contribution in [2.75, 3.05) is 0 Å². The van der Waals surface area contributed by atoms with Gasteiger partial charge in [-0.15, -0.1) is 0 Å². The number of carboxylic acid groups (broad SMARTS) is 1. The lowest BCUT2D eigenvalue weighted by Gasteiger charge is -2.20. The van der Waals surface area contributed by atoms with Crippen molar-refractivity contribution in [3.63, 3.8) is 0 Å². The number of benzene rings is 1. The molecule has 13 nitrogen and oxygen atoms in total. The first-order valence-electron chi connectivity index (χ1n) is 10.0. The van der Waals surface area contributed by atoms with Gasteiger partial charge in [0.15, 0.2) is 11.9 Å². The molecule has 3 aromatic rings. The summed E-state index contributed by atoms with van der Waals surface area (Å²) in [5.74, 6) is -0.978. The highest BCUT2D eigenvalue weighted by Crippen LogP contribution is 2.20. The highest BCUT2D eigenvalue weighted by atomic mass is 16.5. The lowest BCUT2D eigenvalue weighted by molar-refractivity contribution is -0.141. The molecule has 0 radical (unpaired) electrons. The van der Waals surface area contributed by atoms with Crippen molar-refractivity contribution in [3.8, 4) is 5.75 Å². The Morgan fingerprint density at radius 2 is 1.94 bits per heavy atom. The number of phenolic OH excluding ortho intramolecular Hbond substituents is 1. The molecule has 0 aliphatic rings. The van der Waals surface area contributed by atoms with Gasteiger partial charge in [-0.3, -0.25) is 0 Å². The Hall–Kier alpha value is -3.97. The number of nitrogens with one attached hydrogen (secondary N) is 3. The van der Waals surface area contributed by atoms with E-state index in [9.17, 15) is 19.8 Å². The van der Waals surface area contributed by atoms with Gasteiger partial charge in [-0.2, -0.15) is 4.98 Å². The Bertz CT molecular complexity index is 1050. The molecule has 13 heteroatoms. The van der Waals surface area contributed by atoms with Crippen LogP contribution in [0.2, 0.25) is 0 Å². The Morgan fingerprint density at radius 1 is 1.21 bits per heavy atom. The average Bonchev–Trinajstić information content (AvgIpc) is 3.45. The number of nitrogens with zero attached hydrogens (tertiary/aromatic N) is 3. The Morgan fingerprint density at radius 3 is 2.55 bits per heavy atom. The zero-order valence-electron chi connectivity index (χ0n) is 17.7. The molecular weight excluding hydrogens is 434 g/mol. The lowest BCUT2D eigenvalue weighted by Crippen LogP contribution is -2.51. The van der Waals surface area contributed by atoms with Gasteiger partial charge in [0.1, 0.15) is 11.8 Å². The molecule has 0 aliphatic carbocycles. The fourth-order valence-corrected chi connectivity index (χ4v) is 3.06. The van der Waals surface area contributed by atoms with Crippen LogP contribution in [0.25, 0.3) is 0 Å². The van der Waals surface area contributed by atoms with E-state index < -0.39 is 36.2 Å². The first-order valence-corrected chi connectivity index (χ1v) is 10.0. The number of phenols is 1. The average molecular weight is 459 g/mol. The van der Waals surface area contributed by atoms with Crippen LogP contribution in [-0.2, 0) is 17.6 Å². The van der Waals surface area contributed by atoms with Crippen LogP contribution in [0.4, 0.5) is 4.79 Å². The Labute approximate surface area is 188 Å². The number of amides is 2. The number of aliphatic carboxylic acids is 1. The number of aromatic nitrogens is 4. The van der Waals surface area contributed by atoms with Crippen LogP contribution < -0.4 is 16.4 Å². The monoisotopic (exact) mass is 459 g/mol. The van der Waals surface area contributed by atoms with Crippen LogP contribution in [0, 0.1) is 0 Å². The number of urea groups is 1. The number of hydrogen-bond acceptors (Lipinski definition) is 9. The minimum Gasteiger partial charge on any atom is -0.508 e. The summed E-state index contributed by atoms with van der Waals surface area (Å²) >= 11 is 0. The third-order valence-electron chi connectivity index (χ3n) is 4.80. The van der Waals surface area contributed by atoms with E-state index in [4.69, 9.17) is 15.4 Å². The second-order valence-corrected chi connectivity index (χ2v) is 7.48. The van der Waals surface area contributed by atoms with Crippen molar-refractivity contribution in [1.29, 1.82) is 0 Å². The SMILES string of the molecule is CC(O)[C@H](NC(=O)N[C@@H](Cc1cnc[nH]1)c1nc([C@@H](N)Cc2ccc(O)cc2)no1)C(=O)O. The first kappa shape index (κ1) is 23.7. The maximum absolute atomic E-state index is 12.4. The van der Waals surface area contributed by atoms with Crippen LogP contribution in [0.3, 0.4) is 0 Å². The van der Waals surface area contributed by atoms with Crippen molar-refractivity contribution < 1.29 is 29.4 Å². The number of aliphatic hydroxyl groups is 1. The van der Waals surface area contributed by atoms with E-state index in [0.29, 0.717) is 12.1 Å². The smallest absolute Gasteiger partial charge is 0.328 e. The van der Waals surface area contributed by atoms with Crippen molar-refractivity contribution >= 4 is 12.0 Å². The first-order chi connectivity index (χ1) is 15.7. The fourth-order valence-electron chi connectivity index (χ4n) is 3.06. The normalized spacial score (nSPS) is 14.8. The highest BCUT2D eigenvalue weighted by Gasteiger charge is 2.28. The number of aromatic hydroxyl groups is 1. The molecule has 3 rings (SSSR count). The van der Waals surface area contributed by atoms with Crippen LogP contribution in [0.5, 0.6) is 5.75 Å². The minimum absolute atomic E-state index is 0.0554. The number of aromatic amines is 1. The Balaban J connectivity index is 1.74. The van der Waals surface area contributed by atoms with E-state index in [0.717, 1.165) is 5.56 Å². The van der Waals surface area contributed by atoms with Gasteiger partial charge in [0, 0.05) is 18.3 Å². The molecule has 4 atom stereocenters.